The number of rotatable bonds is 5. The molecule has 2 aromatic carbocycles. The summed E-state index contributed by atoms with van der Waals surface area (Å²) in [5.41, 5.74) is 1.78. The van der Waals surface area contributed by atoms with E-state index in [0.717, 1.165) is 12.8 Å². The van der Waals surface area contributed by atoms with Crippen LogP contribution in [0.4, 0.5) is 4.39 Å². The Balaban J connectivity index is 1.44. The topological polar surface area (TPSA) is 86.8 Å². The zero-order valence-corrected chi connectivity index (χ0v) is 18.9. The quantitative estimate of drug-likeness (QED) is 0.744. The molecule has 0 bridgehead atoms. The first-order valence-corrected chi connectivity index (χ1v) is 12.1. The summed E-state index contributed by atoms with van der Waals surface area (Å²) in [6, 6.07) is 8.96. The second-order valence-corrected chi connectivity index (χ2v) is 10.1. The van der Waals surface area contributed by atoms with Crippen molar-refractivity contribution in [3.8, 4) is 0 Å². The molecule has 1 aliphatic carbocycles. The number of halogens is 1. The minimum Gasteiger partial charge on any atom is -0.335 e. The Morgan fingerprint density at radius 2 is 1.50 bits per heavy atom. The predicted octanol–water partition coefficient (Wildman–Crippen LogP) is 2.48. The van der Waals surface area contributed by atoms with Crippen molar-refractivity contribution in [1.29, 1.82) is 0 Å². The fraction of sp³-hybridized carbons (Fsp3) is 0.391. The second kappa shape index (κ2) is 8.63. The lowest BCUT2D eigenvalue weighted by Gasteiger charge is -2.35. The molecule has 1 N–H and O–H groups in total. The number of hydrogen-bond acceptors (Lipinski definition) is 4. The van der Waals surface area contributed by atoms with Gasteiger partial charge < -0.3 is 9.80 Å². The van der Waals surface area contributed by atoms with Crippen LogP contribution in [-0.4, -0.2) is 62.3 Å². The molecule has 2 aromatic rings. The van der Waals surface area contributed by atoms with Gasteiger partial charge in [-0.3, -0.25) is 9.59 Å². The van der Waals surface area contributed by atoms with Crippen LogP contribution in [0.3, 0.4) is 0 Å². The lowest BCUT2D eigenvalue weighted by molar-refractivity contribution is 0.0534. The molecule has 0 spiro atoms. The molecule has 4 rings (SSSR count). The van der Waals surface area contributed by atoms with Crippen molar-refractivity contribution < 1.29 is 22.4 Å². The van der Waals surface area contributed by atoms with Gasteiger partial charge in [0.1, 0.15) is 5.82 Å². The van der Waals surface area contributed by atoms with Crippen molar-refractivity contribution in [2.45, 2.75) is 37.6 Å². The molecule has 7 nitrogen and oxygen atoms in total. The number of piperazine rings is 1. The summed E-state index contributed by atoms with van der Waals surface area (Å²) in [4.78, 5) is 29.1. The van der Waals surface area contributed by atoms with Crippen molar-refractivity contribution >= 4 is 21.8 Å². The molecular formula is C23H26FN3O4S. The van der Waals surface area contributed by atoms with Crippen molar-refractivity contribution in [3.63, 3.8) is 0 Å². The number of carbonyl (C=O) groups excluding carboxylic acids is 2. The number of aryl methyl sites for hydroxylation is 2. The normalized spacial score (nSPS) is 16.8. The first-order chi connectivity index (χ1) is 15.2. The average molecular weight is 460 g/mol. The van der Waals surface area contributed by atoms with Gasteiger partial charge in [-0.1, -0.05) is 12.1 Å². The summed E-state index contributed by atoms with van der Waals surface area (Å²) in [7, 11) is -3.66. The maximum Gasteiger partial charge on any atom is 0.254 e. The summed E-state index contributed by atoms with van der Waals surface area (Å²) < 4.78 is 41.5. The molecule has 1 aliphatic heterocycles. The SMILES string of the molecule is Cc1ccc(C(=O)N2CCN(C(=O)c3cc(S(=O)(=O)NC4CC4)ccc3C)CC2)cc1F. The van der Waals surface area contributed by atoms with Crippen LogP contribution in [0, 0.1) is 19.7 Å². The number of carbonyl (C=O) groups is 2. The summed E-state index contributed by atoms with van der Waals surface area (Å²) in [5, 5.41) is 0. The average Bonchev–Trinajstić information content (AvgIpc) is 3.58. The Kier molecular flexibility index (Phi) is 6.05. The Morgan fingerprint density at radius 3 is 2.09 bits per heavy atom. The Labute approximate surface area is 187 Å². The number of amides is 2. The number of nitrogens with one attached hydrogen (secondary N) is 1. The van der Waals surface area contributed by atoms with Gasteiger partial charge in [-0.2, -0.15) is 0 Å². The third-order valence-corrected chi connectivity index (χ3v) is 7.44. The molecule has 0 radical (unpaired) electrons. The Morgan fingerprint density at radius 1 is 0.906 bits per heavy atom. The number of nitrogens with zero attached hydrogens (tertiary/aromatic N) is 2. The fourth-order valence-electron chi connectivity index (χ4n) is 3.68. The summed E-state index contributed by atoms with van der Waals surface area (Å²) in [6.45, 7) is 4.67. The minimum absolute atomic E-state index is 0.0203. The fourth-order valence-corrected chi connectivity index (χ4v) is 5.01. The Bertz CT molecular complexity index is 1170. The van der Waals surface area contributed by atoms with E-state index in [4.69, 9.17) is 0 Å². The van der Waals surface area contributed by atoms with Gasteiger partial charge in [-0.25, -0.2) is 17.5 Å². The molecule has 0 atom stereocenters. The van der Waals surface area contributed by atoms with E-state index in [1.54, 1.807) is 41.8 Å². The molecule has 0 aromatic heterocycles. The minimum atomic E-state index is -3.66. The van der Waals surface area contributed by atoms with Gasteiger partial charge in [-0.15, -0.1) is 0 Å². The van der Waals surface area contributed by atoms with E-state index in [2.05, 4.69) is 4.72 Å². The molecule has 32 heavy (non-hydrogen) atoms. The number of benzene rings is 2. The number of sulfonamides is 1. The van der Waals surface area contributed by atoms with Crippen molar-refractivity contribution in [3.05, 3.63) is 64.5 Å². The summed E-state index contributed by atoms with van der Waals surface area (Å²) in [6.07, 6.45) is 1.66. The van der Waals surface area contributed by atoms with Crippen LogP contribution in [0.1, 0.15) is 44.7 Å². The molecule has 0 unspecified atom stereocenters. The lowest BCUT2D eigenvalue weighted by atomic mass is 10.1. The van der Waals surface area contributed by atoms with Gasteiger partial charge in [-0.05, 0) is 62.1 Å². The molecule has 9 heteroatoms. The molecule has 1 heterocycles. The van der Waals surface area contributed by atoms with E-state index in [1.807, 2.05) is 0 Å². The van der Waals surface area contributed by atoms with Crippen LogP contribution in [0.25, 0.3) is 0 Å². The molecule has 2 fully saturated rings. The molecule has 1 saturated carbocycles. The maximum atomic E-state index is 13.8. The van der Waals surface area contributed by atoms with Gasteiger partial charge in [0.05, 0.1) is 4.90 Å². The van der Waals surface area contributed by atoms with Gasteiger partial charge in [0.2, 0.25) is 10.0 Å². The highest BCUT2D eigenvalue weighted by Crippen LogP contribution is 2.24. The van der Waals surface area contributed by atoms with Crippen LogP contribution >= 0.6 is 0 Å². The zero-order chi connectivity index (χ0) is 23.0. The van der Waals surface area contributed by atoms with Crippen molar-refractivity contribution in [2.75, 3.05) is 26.2 Å². The van der Waals surface area contributed by atoms with E-state index < -0.39 is 15.8 Å². The van der Waals surface area contributed by atoms with Crippen molar-refractivity contribution in [1.82, 2.24) is 14.5 Å². The highest BCUT2D eigenvalue weighted by molar-refractivity contribution is 7.89. The summed E-state index contributed by atoms with van der Waals surface area (Å²) >= 11 is 0. The van der Waals surface area contributed by atoms with Crippen LogP contribution in [0.2, 0.25) is 0 Å². The highest BCUT2D eigenvalue weighted by atomic mass is 32.2. The van der Waals surface area contributed by atoms with Gasteiger partial charge in [0.15, 0.2) is 0 Å². The molecule has 2 amide bonds. The van der Waals surface area contributed by atoms with E-state index in [-0.39, 0.29) is 28.3 Å². The monoisotopic (exact) mass is 459 g/mol. The van der Waals surface area contributed by atoms with E-state index in [0.29, 0.717) is 42.9 Å². The van der Waals surface area contributed by atoms with Crippen molar-refractivity contribution in [2.24, 2.45) is 0 Å². The third-order valence-electron chi connectivity index (χ3n) is 5.92. The van der Waals surface area contributed by atoms with E-state index in [9.17, 15) is 22.4 Å². The zero-order valence-electron chi connectivity index (χ0n) is 18.1. The van der Waals surface area contributed by atoms with Gasteiger partial charge >= 0.3 is 0 Å². The van der Waals surface area contributed by atoms with Crippen LogP contribution < -0.4 is 4.72 Å². The van der Waals surface area contributed by atoms with E-state index >= 15 is 0 Å². The third kappa shape index (κ3) is 4.68. The first-order valence-electron chi connectivity index (χ1n) is 10.6. The summed E-state index contributed by atoms with van der Waals surface area (Å²) in [5.74, 6) is -0.961. The molecule has 1 saturated heterocycles. The molecular weight excluding hydrogens is 433 g/mol. The van der Waals surface area contributed by atoms with Crippen LogP contribution in [-0.2, 0) is 10.0 Å². The predicted molar refractivity (Wildman–Crippen MR) is 117 cm³/mol. The van der Waals surface area contributed by atoms with Crippen LogP contribution in [0.15, 0.2) is 41.3 Å². The molecule has 170 valence electrons. The molecule has 2 aliphatic rings. The van der Waals surface area contributed by atoms with Gasteiger partial charge in [0, 0.05) is 43.3 Å². The largest absolute Gasteiger partial charge is 0.335 e. The Hall–Kier alpha value is -2.78. The van der Waals surface area contributed by atoms with Crippen LogP contribution in [0.5, 0.6) is 0 Å². The standard InChI is InChI=1S/C23H26FN3O4S/c1-15-4-8-19(32(30,31)25-18-6-7-18)14-20(15)23(29)27-11-9-26(10-12-27)22(28)17-5-3-16(2)21(24)13-17/h3-5,8,13-14,18,25H,6-7,9-12H2,1-2H3. The maximum absolute atomic E-state index is 13.8. The van der Waals surface area contributed by atoms with Gasteiger partial charge in [0.25, 0.3) is 11.8 Å². The number of hydrogen-bond donors (Lipinski definition) is 1. The first kappa shape index (κ1) is 22.4. The lowest BCUT2D eigenvalue weighted by Crippen LogP contribution is -2.50. The second-order valence-electron chi connectivity index (χ2n) is 8.42. The van der Waals surface area contributed by atoms with E-state index in [1.165, 1.54) is 18.2 Å². The highest BCUT2D eigenvalue weighted by Gasteiger charge is 2.30. The smallest absolute Gasteiger partial charge is 0.254 e.